The number of esters is 2. The molecule has 0 unspecified atom stereocenters. The first kappa shape index (κ1) is 49.6. The number of piperidine rings is 3. The van der Waals surface area contributed by atoms with Crippen LogP contribution in [0.1, 0.15) is 89.0 Å². The second kappa shape index (κ2) is 21.6. The van der Waals surface area contributed by atoms with Crippen LogP contribution >= 0.6 is 38.6 Å². The largest absolute Gasteiger partial charge is 0.478 e. The first-order valence-corrected chi connectivity index (χ1v) is 23.4. The molecule has 65 heavy (non-hydrogen) atoms. The number of carboxylic acids is 1. The molecule has 350 valence electrons. The highest BCUT2D eigenvalue weighted by Crippen LogP contribution is 2.37. The predicted molar refractivity (Wildman–Crippen MR) is 244 cm³/mol. The molecular weight excluding hydrogens is 967 g/mol. The summed E-state index contributed by atoms with van der Waals surface area (Å²) in [5.41, 5.74) is 4.74. The van der Waals surface area contributed by atoms with Crippen LogP contribution in [0, 0.1) is 0 Å². The zero-order valence-corrected chi connectivity index (χ0v) is 38.7. The standard InChI is InChI=1S/C15H16F2N2O2S.C13H12F2N2O2S.C11H10BrNO2.C5H9F2N/c1-2-21-13(20)10-3-4-11-12(9-10)22-14(18-11)19-7-5-15(16,17)6-8-19;14-13(15)3-5-17(6-4-13)12-16-9-2-1-8(11(18)19)7-10(9)20-12;1-2-15-11(14)7-3-4-9-8(5-7)6-10(12)13-9;6-5(7)1-3-8-4-2-5/h3-4,9H,2,5-8H2,1H3;1-2,7H,3-6H2,(H,18,19);3-5H,2,6H2,1H3;8H,1-4H2. The monoisotopic (exact) mass is 1010 g/mol. The number of aliphatic imine (C=N–C) groups is 1. The highest BCUT2D eigenvalue weighted by Gasteiger charge is 2.36. The molecule has 5 aromatic rings. The van der Waals surface area contributed by atoms with Gasteiger partial charge in [-0.25, -0.2) is 55.7 Å². The Balaban J connectivity index is 0.000000151. The van der Waals surface area contributed by atoms with Gasteiger partial charge in [0.1, 0.15) is 0 Å². The quantitative estimate of drug-likeness (QED) is 0.119. The van der Waals surface area contributed by atoms with Crippen LogP contribution in [0.2, 0.25) is 0 Å². The SMILES string of the molecule is CCOC(=O)c1ccc2c(c1)CC(Br)=N2.CCOC(=O)c1ccc2nc(N3CCC(F)(F)CC3)sc2c1.FC1(F)CCNCC1.O=C(O)c1ccc2nc(N3CCC(F)(F)CC3)sc2c1. The van der Waals surface area contributed by atoms with Crippen molar-refractivity contribution in [1.82, 2.24) is 15.3 Å². The number of carbonyl (C=O) groups excluding carboxylic acids is 2. The van der Waals surface area contributed by atoms with Crippen molar-refractivity contribution >= 4 is 97.5 Å². The molecule has 2 N–H and O–H groups in total. The molecular formula is C44H47BrF6N6O6S2. The van der Waals surface area contributed by atoms with Crippen LogP contribution in [-0.2, 0) is 15.9 Å². The topological polar surface area (TPSA) is 147 Å². The number of rotatable bonds is 7. The first-order valence-electron chi connectivity index (χ1n) is 20.9. The van der Waals surface area contributed by atoms with Crippen LogP contribution in [-0.4, -0.2) is 108 Å². The molecule has 2 aromatic heterocycles. The van der Waals surface area contributed by atoms with Gasteiger partial charge in [0, 0.05) is 84.2 Å². The van der Waals surface area contributed by atoms with Gasteiger partial charge in [-0.1, -0.05) is 22.7 Å². The minimum absolute atomic E-state index is 0.00694. The highest BCUT2D eigenvalue weighted by molar-refractivity contribution is 9.18. The summed E-state index contributed by atoms with van der Waals surface area (Å²) in [6, 6.07) is 15.3. The number of nitrogens with one attached hydrogen (secondary N) is 1. The van der Waals surface area contributed by atoms with E-state index in [4.69, 9.17) is 14.6 Å². The van der Waals surface area contributed by atoms with Crippen molar-refractivity contribution in [1.29, 1.82) is 0 Å². The average Bonchev–Trinajstić information content (AvgIpc) is 3.99. The molecule has 0 saturated carbocycles. The lowest BCUT2D eigenvalue weighted by Gasteiger charge is -2.31. The van der Waals surface area contributed by atoms with E-state index in [1.165, 1.54) is 28.7 Å². The summed E-state index contributed by atoms with van der Waals surface area (Å²) in [4.78, 5) is 51.0. The van der Waals surface area contributed by atoms with E-state index in [1.54, 1.807) is 50.2 Å². The zero-order chi connectivity index (χ0) is 46.9. The van der Waals surface area contributed by atoms with Crippen molar-refractivity contribution in [2.24, 2.45) is 4.99 Å². The average molecular weight is 1010 g/mol. The Labute approximate surface area is 387 Å². The summed E-state index contributed by atoms with van der Waals surface area (Å²) in [5.74, 6) is -9.15. The Hall–Kier alpha value is -4.86. The van der Waals surface area contributed by atoms with Gasteiger partial charge in [-0.2, -0.15) is 0 Å². The van der Waals surface area contributed by atoms with Crippen LogP contribution in [0.25, 0.3) is 20.4 Å². The number of benzene rings is 3. The maximum atomic E-state index is 13.2. The van der Waals surface area contributed by atoms with Crippen molar-refractivity contribution < 1.29 is 55.3 Å². The number of carbonyl (C=O) groups is 3. The third-order valence-corrected chi connectivity index (χ3v) is 13.2. The molecule has 0 radical (unpaired) electrons. The molecule has 4 aliphatic rings. The fraction of sp³-hybridized carbons (Fsp3) is 0.455. The molecule has 9 rings (SSSR count). The van der Waals surface area contributed by atoms with Gasteiger partial charge in [-0.05, 0) is 89.9 Å². The van der Waals surface area contributed by atoms with Gasteiger partial charge in [0.2, 0.25) is 0 Å². The fourth-order valence-electron chi connectivity index (χ4n) is 6.92. The molecule has 0 bridgehead atoms. The van der Waals surface area contributed by atoms with Gasteiger partial charge in [-0.3, -0.25) is 0 Å². The normalized spacial score (nSPS) is 18.1. The van der Waals surface area contributed by atoms with E-state index in [0.29, 0.717) is 61.2 Å². The van der Waals surface area contributed by atoms with Gasteiger partial charge in [0.05, 0.1) is 60.6 Å². The number of ether oxygens (including phenoxy) is 2. The predicted octanol–water partition coefficient (Wildman–Crippen LogP) is 10.8. The number of aromatic carboxylic acids is 1. The number of hydrogen-bond acceptors (Lipinski definition) is 13. The van der Waals surface area contributed by atoms with Crippen LogP contribution in [0.15, 0.2) is 59.6 Å². The first-order chi connectivity index (χ1) is 30.8. The van der Waals surface area contributed by atoms with Crippen LogP contribution in [0.4, 0.5) is 42.3 Å². The van der Waals surface area contributed by atoms with Crippen LogP contribution in [0.5, 0.6) is 0 Å². The van der Waals surface area contributed by atoms with Crippen molar-refractivity contribution in [3.63, 3.8) is 0 Å². The van der Waals surface area contributed by atoms with E-state index in [1.807, 2.05) is 21.9 Å². The van der Waals surface area contributed by atoms with Crippen molar-refractivity contribution in [2.75, 3.05) is 62.3 Å². The number of alkyl halides is 6. The molecule has 21 heteroatoms. The van der Waals surface area contributed by atoms with Crippen molar-refractivity contribution in [3.05, 3.63) is 76.9 Å². The maximum Gasteiger partial charge on any atom is 0.338 e. The second-order valence-electron chi connectivity index (χ2n) is 15.4. The van der Waals surface area contributed by atoms with Gasteiger partial charge in [0.15, 0.2) is 10.3 Å². The number of nitrogens with zero attached hydrogens (tertiary/aromatic N) is 5. The fourth-order valence-corrected chi connectivity index (χ4v) is 9.52. The van der Waals surface area contributed by atoms with Gasteiger partial charge in [0.25, 0.3) is 17.8 Å². The van der Waals surface area contributed by atoms with E-state index >= 15 is 0 Å². The van der Waals surface area contributed by atoms with E-state index in [9.17, 15) is 40.7 Å². The summed E-state index contributed by atoms with van der Waals surface area (Å²) in [6.07, 6.45) is 0.156. The zero-order valence-electron chi connectivity index (χ0n) is 35.5. The van der Waals surface area contributed by atoms with E-state index in [0.717, 1.165) is 42.3 Å². The summed E-state index contributed by atoms with van der Waals surface area (Å²) < 4.78 is 89.4. The smallest absolute Gasteiger partial charge is 0.338 e. The number of fused-ring (bicyclic) bond motifs is 3. The summed E-state index contributed by atoms with van der Waals surface area (Å²) >= 11 is 6.10. The van der Waals surface area contributed by atoms with Gasteiger partial charge >= 0.3 is 17.9 Å². The molecule has 0 spiro atoms. The Morgan fingerprint density at radius 3 is 1.55 bits per heavy atom. The summed E-state index contributed by atoms with van der Waals surface area (Å²) in [6.45, 7) is 6.37. The highest BCUT2D eigenvalue weighted by atomic mass is 79.9. The Morgan fingerprint density at radius 2 is 1.11 bits per heavy atom. The molecule has 3 saturated heterocycles. The lowest BCUT2D eigenvalue weighted by molar-refractivity contribution is -0.0275. The number of anilines is 2. The van der Waals surface area contributed by atoms with Gasteiger partial charge in [-0.15, -0.1) is 0 Å². The lowest BCUT2D eigenvalue weighted by Crippen LogP contribution is -2.39. The van der Waals surface area contributed by atoms with Crippen LogP contribution < -0.4 is 15.1 Å². The molecule has 6 heterocycles. The minimum Gasteiger partial charge on any atom is -0.478 e. The molecule has 4 aliphatic heterocycles. The van der Waals surface area contributed by atoms with E-state index < -0.39 is 23.7 Å². The Kier molecular flexibility index (Phi) is 16.5. The molecule has 12 nitrogen and oxygen atoms in total. The van der Waals surface area contributed by atoms with E-state index in [-0.39, 0.29) is 69.1 Å². The van der Waals surface area contributed by atoms with Crippen molar-refractivity contribution in [3.8, 4) is 0 Å². The maximum absolute atomic E-state index is 13.2. The summed E-state index contributed by atoms with van der Waals surface area (Å²) in [5, 5.41) is 13.2. The molecule has 3 fully saturated rings. The van der Waals surface area contributed by atoms with Gasteiger partial charge < -0.3 is 29.7 Å². The third kappa shape index (κ3) is 13.8. The van der Waals surface area contributed by atoms with Crippen molar-refractivity contribution in [2.45, 2.75) is 76.6 Å². The summed E-state index contributed by atoms with van der Waals surface area (Å²) in [7, 11) is 0. The van der Waals surface area contributed by atoms with E-state index in [2.05, 4.69) is 36.2 Å². The number of aromatic nitrogens is 2. The number of halogens is 7. The molecule has 3 aromatic carbocycles. The number of carboxylic acid groups (broad SMARTS) is 1. The Morgan fingerprint density at radius 1 is 0.677 bits per heavy atom. The molecule has 0 atom stereocenters. The Bertz CT molecular complexity index is 2490. The molecule has 0 amide bonds. The van der Waals surface area contributed by atoms with Crippen LogP contribution in [0.3, 0.4) is 0 Å². The minimum atomic E-state index is -2.58. The number of hydrogen-bond donors (Lipinski definition) is 2. The third-order valence-electron chi connectivity index (χ3n) is 10.5. The number of thiazole rings is 2. The lowest BCUT2D eigenvalue weighted by atomic mass is 10.1. The molecule has 0 aliphatic carbocycles. The second-order valence-corrected chi connectivity index (χ2v) is 18.3.